The zero-order valence-electron chi connectivity index (χ0n) is 16.0. The van der Waals surface area contributed by atoms with Crippen molar-refractivity contribution in [1.29, 1.82) is 0 Å². The van der Waals surface area contributed by atoms with Gasteiger partial charge in [-0.3, -0.25) is 4.79 Å². The number of piperidine rings is 1. The van der Waals surface area contributed by atoms with E-state index in [9.17, 15) is 14.4 Å². The summed E-state index contributed by atoms with van der Waals surface area (Å²) in [5, 5.41) is 2.83. The lowest BCUT2D eigenvalue weighted by atomic mass is 10.1. The number of nitrogens with one attached hydrogen (secondary N) is 1. The van der Waals surface area contributed by atoms with Crippen LogP contribution in [0.5, 0.6) is 5.75 Å². The zero-order valence-corrected chi connectivity index (χ0v) is 16.0. The molecular formula is C20H26N2O6. The van der Waals surface area contributed by atoms with Crippen LogP contribution in [0.25, 0.3) is 0 Å². The number of hydrogen-bond donors (Lipinski definition) is 1. The fourth-order valence-electron chi connectivity index (χ4n) is 2.75. The van der Waals surface area contributed by atoms with Crippen molar-refractivity contribution in [2.45, 2.75) is 25.8 Å². The Morgan fingerprint density at radius 2 is 1.86 bits per heavy atom. The van der Waals surface area contributed by atoms with E-state index >= 15 is 0 Å². The number of carbonyl (C=O) groups is 3. The van der Waals surface area contributed by atoms with Crippen LogP contribution in [0.1, 0.15) is 30.1 Å². The number of nitrogens with zero attached hydrogens (tertiary/aromatic N) is 1. The van der Waals surface area contributed by atoms with Gasteiger partial charge in [-0.25, -0.2) is 9.59 Å². The van der Waals surface area contributed by atoms with Crippen LogP contribution in [0.2, 0.25) is 0 Å². The number of amides is 2. The van der Waals surface area contributed by atoms with Gasteiger partial charge in [0.15, 0.2) is 6.61 Å². The Morgan fingerprint density at radius 1 is 1.18 bits per heavy atom. The van der Waals surface area contributed by atoms with Gasteiger partial charge in [0, 0.05) is 19.1 Å². The summed E-state index contributed by atoms with van der Waals surface area (Å²) in [7, 11) is 0. The molecule has 8 nitrogen and oxygen atoms in total. The molecule has 1 aliphatic heterocycles. The second kappa shape index (κ2) is 11.0. The largest absolute Gasteiger partial charge is 0.490 e. The van der Waals surface area contributed by atoms with Gasteiger partial charge in [0.2, 0.25) is 0 Å². The molecule has 152 valence electrons. The summed E-state index contributed by atoms with van der Waals surface area (Å²) in [5.41, 5.74) is 0.335. The minimum atomic E-state index is -0.581. The molecule has 0 spiro atoms. The molecule has 2 rings (SSSR count). The van der Waals surface area contributed by atoms with Gasteiger partial charge in [0.1, 0.15) is 12.4 Å². The average Bonchev–Trinajstić information content (AvgIpc) is 2.71. The summed E-state index contributed by atoms with van der Waals surface area (Å²) in [6.07, 6.45) is 2.55. The summed E-state index contributed by atoms with van der Waals surface area (Å²) in [6.45, 7) is 6.72. The molecule has 0 aliphatic carbocycles. The summed E-state index contributed by atoms with van der Waals surface area (Å²) < 4.78 is 15.4. The van der Waals surface area contributed by atoms with E-state index in [-0.39, 0.29) is 24.6 Å². The maximum absolute atomic E-state index is 12.0. The van der Waals surface area contributed by atoms with Gasteiger partial charge in [-0.1, -0.05) is 12.7 Å². The quantitative estimate of drug-likeness (QED) is 0.540. The third kappa shape index (κ3) is 6.61. The van der Waals surface area contributed by atoms with Gasteiger partial charge in [-0.2, -0.15) is 0 Å². The third-order valence-electron chi connectivity index (χ3n) is 4.18. The lowest BCUT2D eigenvalue weighted by Gasteiger charge is -2.31. The molecule has 1 saturated heterocycles. The topological polar surface area (TPSA) is 94.2 Å². The molecule has 8 heteroatoms. The molecule has 0 bridgehead atoms. The summed E-state index contributed by atoms with van der Waals surface area (Å²) >= 11 is 0. The summed E-state index contributed by atoms with van der Waals surface area (Å²) in [4.78, 5) is 37.3. The Kier molecular flexibility index (Phi) is 8.33. The lowest BCUT2D eigenvalue weighted by molar-refractivity contribution is -0.125. The highest BCUT2D eigenvalue weighted by molar-refractivity contribution is 5.91. The molecule has 1 aromatic rings. The maximum atomic E-state index is 12.0. The molecule has 0 atom stereocenters. The minimum absolute atomic E-state index is 0.0572. The van der Waals surface area contributed by atoms with E-state index in [1.807, 2.05) is 0 Å². The molecule has 0 radical (unpaired) electrons. The highest BCUT2D eigenvalue weighted by Gasteiger charge is 2.24. The molecule has 28 heavy (non-hydrogen) atoms. The van der Waals surface area contributed by atoms with E-state index in [1.54, 1.807) is 42.2 Å². The normalized spacial score (nSPS) is 14.1. The zero-order chi connectivity index (χ0) is 20.4. The third-order valence-corrected chi connectivity index (χ3v) is 4.18. The van der Waals surface area contributed by atoms with E-state index in [1.165, 1.54) is 0 Å². The van der Waals surface area contributed by atoms with Crippen LogP contribution < -0.4 is 10.1 Å². The number of carbonyl (C=O) groups excluding carboxylic acids is 3. The van der Waals surface area contributed by atoms with Crippen LogP contribution in [0.3, 0.4) is 0 Å². The summed E-state index contributed by atoms with van der Waals surface area (Å²) in [5.74, 6) is -0.334. The molecule has 1 N–H and O–H groups in total. The van der Waals surface area contributed by atoms with Gasteiger partial charge >= 0.3 is 12.1 Å². The monoisotopic (exact) mass is 390 g/mol. The van der Waals surface area contributed by atoms with Crippen molar-refractivity contribution in [1.82, 2.24) is 10.2 Å². The molecular weight excluding hydrogens is 364 g/mol. The maximum Gasteiger partial charge on any atom is 0.409 e. The van der Waals surface area contributed by atoms with Gasteiger partial charge in [-0.15, -0.1) is 0 Å². The molecule has 1 aliphatic rings. The lowest BCUT2D eigenvalue weighted by Crippen LogP contribution is -2.47. The van der Waals surface area contributed by atoms with Crippen molar-refractivity contribution in [2.75, 3.05) is 32.9 Å². The SMILES string of the molecule is C=CCOc1ccc(C(=O)OCC(=O)NC2CCN(C(=O)OCC)CC2)cc1. The van der Waals surface area contributed by atoms with E-state index in [0.717, 1.165) is 0 Å². The first-order valence-electron chi connectivity index (χ1n) is 9.25. The molecule has 0 unspecified atom stereocenters. The van der Waals surface area contributed by atoms with E-state index < -0.39 is 5.97 Å². The first-order valence-corrected chi connectivity index (χ1v) is 9.25. The van der Waals surface area contributed by atoms with E-state index in [4.69, 9.17) is 14.2 Å². The van der Waals surface area contributed by atoms with Crippen molar-refractivity contribution < 1.29 is 28.6 Å². The highest BCUT2D eigenvalue weighted by atomic mass is 16.6. The van der Waals surface area contributed by atoms with Crippen molar-refractivity contribution in [3.05, 3.63) is 42.5 Å². The molecule has 0 aromatic heterocycles. The van der Waals surface area contributed by atoms with Crippen molar-refractivity contribution >= 4 is 18.0 Å². The predicted molar refractivity (Wildman–Crippen MR) is 102 cm³/mol. The molecule has 2 amide bonds. The number of benzene rings is 1. The van der Waals surface area contributed by atoms with Gasteiger partial charge in [0.05, 0.1) is 12.2 Å². The van der Waals surface area contributed by atoms with Crippen molar-refractivity contribution in [3.8, 4) is 5.75 Å². The fraction of sp³-hybridized carbons (Fsp3) is 0.450. The Labute approximate surface area is 164 Å². The van der Waals surface area contributed by atoms with Crippen molar-refractivity contribution in [3.63, 3.8) is 0 Å². The Morgan fingerprint density at radius 3 is 2.46 bits per heavy atom. The molecule has 1 heterocycles. The Balaban J connectivity index is 1.70. The molecule has 1 aromatic carbocycles. The second-order valence-corrected chi connectivity index (χ2v) is 6.23. The average molecular weight is 390 g/mol. The Bertz CT molecular complexity index is 680. The van der Waals surface area contributed by atoms with Crippen LogP contribution in [0.15, 0.2) is 36.9 Å². The number of hydrogen-bond acceptors (Lipinski definition) is 6. The number of ether oxygens (including phenoxy) is 3. The number of rotatable bonds is 8. The fourth-order valence-corrected chi connectivity index (χ4v) is 2.75. The van der Waals surface area contributed by atoms with E-state index in [2.05, 4.69) is 11.9 Å². The first kappa shape index (κ1) is 21.3. The highest BCUT2D eigenvalue weighted by Crippen LogP contribution is 2.13. The van der Waals surface area contributed by atoms with Crippen LogP contribution in [-0.4, -0.2) is 61.8 Å². The minimum Gasteiger partial charge on any atom is -0.490 e. The standard InChI is InChI=1S/C20H26N2O6/c1-3-13-27-17-7-5-15(6-8-17)19(24)28-14-18(23)21-16-9-11-22(12-10-16)20(25)26-4-2/h3,5-8,16H,1,4,9-14H2,2H3,(H,21,23). The van der Waals surface area contributed by atoms with Gasteiger partial charge in [-0.05, 0) is 44.0 Å². The van der Waals surface area contributed by atoms with Crippen LogP contribution >= 0.6 is 0 Å². The molecule has 0 saturated carbocycles. The summed E-state index contributed by atoms with van der Waals surface area (Å²) in [6, 6.07) is 6.39. The number of likely N-dealkylation sites (tertiary alicyclic amines) is 1. The van der Waals surface area contributed by atoms with Crippen molar-refractivity contribution in [2.24, 2.45) is 0 Å². The smallest absolute Gasteiger partial charge is 0.409 e. The van der Waals surface area contributed by atoms with Crippen LogP contribution in [0.4, 0.5) is 4.79 Å². The Hall–Kier alpha value is -3.03. The van der Waals surface area contributed by atoms with Gasteiger partial charge < -0.3 is 24.4 Å². The first-order chi connectivity index (χ1) is 13.5. The van der Waals surface area contributed by atoms with E-state index in [0.29, 0.717) is 50.5 Å². The van der Waals surface area contributed by atoms with Crippen LogP contribution in [-0.2, 0) is 14.3 Å². The van der Waals surface area contributed by atoms with Crippen LogP contribution in [0, 0.1) is 0 Å². The number of esters is 1. The second-order valence-electron chi connectivity index (χ2n) is 6.23. The molecule has 1 fully saturated rings. The van der Waals surface area contributed by atoms with Gasteiger partial charge in [0.25, 0.3) is 5.91 Å². The predicted octanol–water partition coefficient (Wildman–Crippen LogP) is 2.15.